The normalized spacial score (nSPS) is 11.3. The molecule has 12 heteroatoms. The van der Waals surface area contributed by atoms with Crippen LogP contribution in [0.15, 0.2) is 18.6 Å². The van der Waals surface area contributed by atoms with Crippen molar-refractivity contribution in [2.75, 3.05) is 30.4 Å². The van der Waals surface area contributed by atoms with Gasteiger partial charge in [-0.05, 0) is 24.6 Å². The summed E-state index contributed by atoms with van der Waals surface area (Å²) in [6.07, 6.45) is -1.55. The monoisotopic (exact) mass is 389 g/mol. The van der Waals surface area contributed by atoms with E-state index < -0.39 is 12.8 Å². The van der Waals surface area contributed by atoms with Crippen molar-refractivity contribution < 1.29 is 17.9 Å². The molecule has 0 unspecified atom stereocenters. The summed E-state index contributed by atoms with van der Waals surface area (Å²) in [6, 6.07) is 1.59. The molecule has 0 radical (unpaired) electrons. The molecule has 0 spiro atoms. The molecule has 2 aromatic rings. The van der Waals surface area contributed by atoms with E-state index in [0.717, 1.165) is 0 Å². The lowest BCUT2D eigenvalue weighted by Crippen LogP contribution is -2.21. The Morgan fingerprint density at radius 2 is 2.12 bits per heavy atom. The van der Waals surface area contributed by atoms with Gasteiger partial charge < -0.3 is 20.8 Å². The second-order valence-electron chi connectivity index (χ2n) is 5.00. The third kappa shape index (κ3) is 6.08. The summed E-state index contributed by atoms with van der Waals surface area (Å²) in [5.41, 5.74) is 0.604. The largest absolute Gasteiger partial charge is 0.411 e. The SMILES string of the molecule is CC(=N)c1nc(Cl)nc(Nc2ccncn2)c1NCCOCC(F)(F)F. The van der Waals surface area contributed by atoms with Gasteiger partial charge in [-0.1, -0.05) is 0 Å². The summed E-state index contributed by atoms with van der Waals surface area (Å²) < 4.78 is 40.8. The molecule has 0 bridgehead atoms. The second kappa shape index (κ2) is 8.72. The van der Waals surface area contributed by atoms with Crippen molar-refractivity contribution in [3.8, 4) is 0 Å². The van der Waals surface area contributed by atoms with Gasteiger partial charge in [0.2, 0.25) is 5.28 Å². The van der Waals surface area contributed by atoms with Crippen molar-refractivity contribution >= 4 is 34.6 Å². The van der Waals surface area contributed by atoms with E-state index in [2.05, 4.69) is 35.3 Å². The summed E-state index contributed by atoms with van der Waals surface area (Å²) >= 11 is 5.90. The van der Waals surface area contributed by atoms with Gasteiger partial charge in [-0.2, -0.15) is 18.2 Å². The third-order valence-electron chi connectivity index (χ3n) is 2.88. The lowest BCUT2D eigenvalue weighted by Gasteiger charge is -2.16. The first-order chi connectivity index (χ1) is 12.3. The predicted octanol–water partition coefficient (Wildman–Crippen LogP) is 3.04. The van der Waals surface area contributed by atoms with Crippen LogP contribution in [-0.4, -0.2) is 51.6 Å². The van der Waals surface area contributed by atoms with Crippen molar-refractivity contribution in [1.29, 1.82) is 5.41 Å². The van der Waals surface area contributed by atoms with Gasteiger partial charge in [0.05, 0.1) is 12.3 Å². The van der Waals surface area contributed by atoms with Crippen LogP contribution in [0.1, 0.15) is 12.6 Å². The Bertz CT molecular complexity index is 758. The molecule has 0 aromatic carbocycles. The molecule has 0 atom stereocenters. The zero-order valence-electron chi connectivity index (χ0n) is 13.6. The molecule has 2 rings (SSSR count). The number of anilines is 3. The van der Waals surface area contributed by atoms with Crippen molar-refractivity contribution in [3.63, 3.8) is 0 Å². The van der Waals surface area contributed by atoms with Gasteiger partial charge in [-0.15, -0.1) is 0 Å². The molecule has 0 saturated heterocycles. The Labute approximate surface area is 151 Å². The maximum Gasteiger partial charge on any atom is 0.411 e. The molecule has 0 aliphatic carbocycles. The lowest BCUT2D eigenvalue weighted by atomic mass is 10.2. The topological polar surface area (TPSA) is 109 Å². The Hall–Kier alpha value is -2.53. The van der Waals surface area contributed by atoms with Crippen molar-refractivity contribution in [2.45, 2.75) is 13.1 Å². The average Bonchev–Trinajstić information content (AvgIpc) is 2.55. The highest BCUT2D eigenvalue weighted by Gasteiger charge is 2.27. The van der Waals surface area contributed by atoms with Crippen LogP contribution in [0, 0.1) is 5.41 Å². The van der Waals surface area contributed by atoms with Crippen LogP contribution in [-0.2, 0) is 4.74 Å². The Morgan fingerprint density at radius 1 is 1.35 bits per heavy atom. The molecule has 8 nitrogen and oxygen atoms in total. The molecular weight excluding hydrogens is 375 g/mol. The molecule has 0 saturated carbocycles. The molecule has 0 aliphatic rings. The van der Waals surface area contributed by atoms with Crippen LogP contribution in [0.2, 0.25) is 5.28 Å². The number of aromatic nitrogens is 4. The van der Waals surface area contributed by atoms with Crippen LogP contribution < -0.4 is 10.6 Å². The van der Waals surface area contributed by atoms with E-state index in [1.807, 2.05) is 0 Å². The van der Waals surface area contributed by atoms with Gasteiger partial charge in [0, 0.05) is 12.7 Å². The van der Waals surface area contributed by atoms with Gasteiger partial charge in [-0.3, -0.25) is 0 Å². The number of nitrogens with zero attached hydrogens (tertiary/aromatic N) is 4. The molecule has 140 valence electrons. The van der Waals surface area contributed by atoms with Crippen LogP contribution in [0.4, 0.5) is 30.5 Å². The second-order valence-corrected chi connectivity index (χ2v) is 5.34. The maximum absolute atomic E-state index is 12.1. The maximum atomic E-state index is 12.1. The molecule has 3 N–H and O–H groups in total. The number of nitrogens with one attached hydrogen (secondary N) is 3. The summed E-state index contributed by atoms with van der Waals surface area (Å²) in [4.78, 5) is 15.8. The lowest BCUT2D eigenvalue weighted by molar-refractivity contribution is -0.172. The van der Waals surface area contributed by atoms with E-state index in [1.165, 1.54) is 19.4 Å². The zero-order chi connectivity index (χ0) is 19.2. The molecule has 0 aliphatic heterocycles. The number of hydrogen-bond donors (Lipinski definition) is 3. The molecule has 2 aromatic heterocycles. The van der Waals surface area contributed by atoms with E-state index >= 15 is 0 Å². The first kappa shape index (κ1) is 19.8. The fraction of sp³-hybridized carbons (Fsp3) is 0.357. The smallest absolute Gasteiger partial charge is 0.378 e. The quantitative estimate of drug-likeness (QED) is 0.361. The van der Waals surface area contributed by atoms with Gasteiger partial charge in [-0.25, -0.2) is 15.0 Å². The number of ether oxygens (including phenoxy) is 1. The summed E-state index contributed by atoms with van der Waals surface area (Å²) in [5.74, 6) is 0.640. The molecule has 0 fully saturated rings. The summed E-state index contributed by atoms with van der Waals surface area (Å²) in [6.45, 7) is -0.00185. The number of halogens is 4. The van der Waals surface area contributed by atoms with E-state index in [0.29, 0.717) is 11.5 Å². The van der Waals surface area contributed by atoms with Crippen LogP contribution >= 0.6 is 11.6 Å². The molecule has 0 amide bonds. The highest BCUT2D eigenvalue weighted by atomic mass is 35.5. The van der Waals surface area contributed by atoms with E-state index in [1.54, 1.807) is 6.07 Å². The van der Waals surface area contributed by atoms with Crippen molar-refractivity contribution in [3.05, 3.63) is 29.6 Å². The highest BCUT2D eigenvalue weighted by Crippen LogP contribution is 2.27. The standard InChI is InChI=1S/C14H15ClF3N7O/c1-8(19)10-11(21-4-5-26-6-14(16,17)18)12(25-13(15)24-10)23-9-2-3-20-7-22-9/h2-3,7,19,21H,4-6H2,1H3,(H,20,22,23,24,25). The van der Waals surface area contributed by atoms with Gasteiger partial charge in [0.1, 0.15) is 30.1 Å². The minimum Gasteiger partial charge on any atom is -0.378 e. The Kier molecular flexibility index (Phi) is 6.64. The Balaban J connectivity index is 2.17. The first-order valence-electron chi connectivity index (χ1n) is 7.31. The molecular formula is C14H15ClF3N7O. The number of alkyl halides is 3. The number of hydrogen-bond acceptors (Lipinski definition) is 8. The summed E-state index contributed by atoms with van der Waals surface area (Å²) in [5, 5.41) is 13.5. The minimum atomic E-state index is -4.39. The predicted molar refractivity (Wildman–Crippen MR) is 90.2 cm³/mol. The fourth-order valence-electron chi connectivity index (χ4n) is 1.88. The highest BCUT2D eigenvalue weighted by molar-refractivity contribution is 6.28. The Morgan fingerprint density at radius 3 is 2.73 bits per heavy atom. The minimum absolute atomic E-state index is 0.0415. The van der Waals surface area contributed by atoms with E-state index in [4.69, 9.17) is 17.0 Å². The van der Waals surface area contributed by atoms with Crippen LogP contribution in [0.3, 0.4) is 0 Å². The molecule has 26 heavy (non-hydrogen) atoms. The van der Waals surface area contributed by atoms with Gasteiger partial charge in [0.15, 0.2) is 5.82 Å². The zero-order valence-corrected chi connectivity index (χ0v) is 14.3. The summed E-state index contributed by atoms with van der Waals surface area (Å²) in [7, 11) is 0. The van der Waals surface area contributed by atoms with Gasteiger partial charge in [0.25, 0.3) is 0 Å². The van der Waals surface area contributed by atoms with Crippen LogP contribution in [0.25, 0.3) is 0 Å². The van der Waals surface area contributed by atoms with Gasteiger partial charge >= 0.3 is 6.18 Å². The van der Waals surface area contributed by atoms with Crippen molar-refractivity contribution in [2.24, 2.45) is 0 Å². The van der Waals surface area contributed by atoms with E-state index in [-0.39, 0.29) is 35.7 Å². The van der Waals surface area contributed by atoms with Crippen molar-refractivity contribution in [1.82, 2.24) is 19.9 Å². The van der Waals surface area contributed by atoms with Crippen LogP contribution in [0.5, 0.6) is 0 Å². The first-order valence-corrected chi connectivity index (χ1v) is 7.68. The third-order valence-corrected chi connectivity index (χ3v) is 3.05. The fourth-order valence-corrected chi connectivity index (χ4v) is 2.05. The van der Waals surface area contributed by atoms with E-state index in [9.17, 15) is 13.2 Å². The molecule has 2 heterocycles. The number of rotatable bonds is 8. The average molecular weight is 390 g/mol.